The number of hydrogen-bond donors (Lipinski definition) is 1. The monoisotopic (exact) mass is 328 g/mol. The van der Waals surface area contributed by atoms with Gasteiger partial charge in [-0.05, 0) is 47.9 Å². The van der Waals surface area contributed by atoms with Crippen LogP contribution in [0.25, 0.3) is 22.4 Å². The molecule has 0 spiro atoms. The highest BCUT2D eigenvalue weighted by Gasteiger charge is 2.30. The molecule has 2 aromatic carbocycles. The fourth-order valence-corrected chi connectivity index (χ4v) is 2.45. The zero-order valence-electron chi connectivity index (χ0n) is 12.5. The molecule has 0 fully saturated rings. The highest BCUT2D eigenvalue weighted by Crippen LogP contribution is 2.32. The van der Waals surface area contributed by atoms with Crippen molar-refractivity contribution in [3.8, 4) is 28.5 Å². The third-order valence-corrected chi connectivity index (χ3v) is 3.56. The first-order chi connectivity index (χ1) is 11.4. The van der Waals surface area contributed by atoms with Crippen LogP contribution in [-0.2, 0) is 6.18 Å². The minimum absolute atomic E-state index is 0.235. The van der Waals surface area contributed by atoms with E-state index in [1.54, 1.807) is 6.07 Å². The summed E-state index contributed by atoms with van der Waals surface area (Å²) in [7, 11) is 0. The molecule has 0 amide bonds. The fourth-order valence-electron chi connectivity index (χ4n) is 2.45. The van der Waals surface area contributed by atoms with Gasteiger partial charge < -0.3 is 0 Å². The number of aromatic nitrogens is 3. The van der Waals surface area contributed by atoms with E-state index in [-0.39, 0.29) is 5.69 Å². The van der Waals surface area contributed by atoms with E-state index in [2.05, 4.69) is 15.4 Å². The van der Waals surface area contributed by atoms with Crippen LogP contribution in [-0.4, -0.2) is 15.4 Å². The predicted octanol–water partition coefficient (Wildman–Crippen LogP) is 4.34. The van der Waals surface area contributed by atoms with Crippen LogP contribution >= 0.6 is 0 Å². The summed E-state index contributed by atoms with van der Waals surface area (Å²) in [6.45, 7) is 1.86. The molecule has 0 radical (unpaired) electrons. The zero-order chi connectivity index (χ0) is 17.3. The lowest BCUT2D eigenvalue weighted by Gasteiger charge is -2.09. The molecule has 0 aliphatic carbocycles. The topological polar surface area (TPSA) is 65.4 Å². The van der Waals surface area contributed by atoms with Gasteiger partial charge >= 0.3 is 6.18 Å². The Morgan fingerprint density at radius 1 is 1.00 bits per heavy atom. The van der Waals surface area contributed by atoms with Crippen LogP contribution < -0.4 is 0 Å². The summed E-state index contributed by atoms with van der Waals surface area (Å²) in [5, 5.41) is 19.1. The molecule has 0 aliphatic rings. The highest BCUT2D eigenvalue weighted by atomic mass is 19.4. The molecule has 1 N–H and O–H groups in total. The summed E-state index contributed by atoms with van der Waals surface area (Å²) in [4.78, 5) is 0. The maximum absolute atomic E-state index is 12.7. The minimum atomic E-state index is -4.36. The number of aryl methyl sites for hydroxylation is 1. The zero-order valence-corrected chi connectivity index (χ0v) is 12.5. The lowest BCUT2D eigenvalue weighted by atomic mass is 9.97. The fraction of sp³-hybridized carbons (Fsp3) is 0.118. The van der Waals surface area contributed by atoms with Gasteiger partial charge in [-0.3, -0.25) is 0 Å². The number of nitriles is 1. The van der Waals surface area contributed by atoms with Crippen LogP contribution in [0.2, 0.25) is 0 Å². The van der Waals surface area contributed by atoms with Crippen molar-refractivity contribution >= 4 is 0 Å². The number of nitrogens with one attached hydrogen (secondary N) is 1. The summed E-state index contributed by atoms with van der Waals surface area (Å²) in [5.41, 5.74) is 2.92. The standard InChI is InChI=1S/C17H11F3N4/c1-10-6-12(11-2-4-14(5-3-11)17(18,19)20)8-13(7-10)16-15(9-21)22-24-23-16/h2-8H,1H3,(H,22,23,24). The Balaban J connectivity index is 2.05. The van der Waals surface area contributed by atoms with Gasteiger partial charge in [0.15, 0.2) is 5.69 Å². The van der Waals surface area contributed by atoms with E-state index in [1.165, 1.54) is 12.1 Å². The number of aromatic amines is 1. The van der Waals surface area contributed by atoms with Crippen LogP contribution in [0.4, 0.5) is 13.2 Å². The first kappa shape index (κ1) is 15.7. The molecule has 3 rings (SSSR count). The average Bonchev–Trinajstić information content (AvgIpc) is 3.02. The molecule has 24 heavy (non-hydrogen) atoms. The largest absolute Gasteiger partial charge is 0.416 e. The lowest BCUT2D eigenvalue weighted by Crippen LogP contribution is -2.04. The number of hydrogen-bond acceptors (Lipinski definition) is 3. The van der Waals surface area contributed by atoms with Gasteiger partial charge in [0, 0.05) is 5.56 Å². The highest BCUT2D eigenvalue weighted by molar-refractivity contribution is 5.74. The van der Waals surface area contributed by atoms with Gasteiger partial charge in [-0.2, -0.15) is 18.4 Å². The Morgan fingerprint density at radius 2 is 1.67 bits per heavy atom. The van der Waals surface area contributed by atoms with Gasteiger partial charge in [-0.1, -0.05) is 23.4 Å². The molecule has 1 aromatic heterocycles. The Kier molecular flexibility index (Phi) is 3.81. The molecular formula is C17H11F3N4. The second-order valence-corrected chi connectivity index (χ2v) is 5.31. The molecule has 0 unspecified atom stereocenters. The molecule has 0 aliphatic heterocycles. The van der Waals surface area contributed by atoms with E-state index in [0.29, 0.717) is 16.8 Å². The van der Waals surface area contributed by atoms with Crippen molar-refractivity contribution in [1.82, 2.24) is 15.4 Å². The predicted molar refractivity (Wildman–Crippen MR) is 81.7 cm³/mol. The lowest BCUT2D eigenvalue weighted by molar-refractivity contribution is -0.137. The molecule has 0 saturated carbocycles. The van der Waals surface area contributed by atoms with Gasteiger partial charge in [0.1, 0.15) is 11.8 Å². The van der Waals surface area contributed by atoms with Gasteiger partial charge in [0.25, 0.3) is 0 Å². The smallest absolute Gasteiger partial charge is 0.247 e. The van der Waals surface area contributed by atoms with Crippen molar-refractivity contribution in [1.29, 1.82) is 5.26 Å². The van der Waals surface area contributed by atoms with Crippen LogP contribution in [0.5, 0.6) is 0 Å². The van der Waals surface area contributed by atoms with Crippen molar-refractivity contribution in [2.75, 3.05) is 0 Å². The molecule has 120 valence electrons. The van der Waals surface area contributed by atoms with Gasteiger partial charge in [-0.15, -0.1) is 5.10 Å². The number of benzene rings is 2. The molecule has 7 heteroatoms. The summed E-state index contributed by atoms with van der Waals surface area (Å²) in [6.07, 6.45) is -4.36. The van der Waals surface area contributed by atoms with E-state index in [9.17, 15) is 13.2 Å². The van der Waals surface area contributed by atoms with Crippen LogP contribution in [0, 0.1) is 18.3 Å². The third-order valence-electron chi connectivity index (χ3n) is 3.56. The Bertz CT molecular complexity index is 918. The summed E-state index contributed by atoms with van der Waals surface area (Å²) >= 11 is 0. The molecule has 4 nitrogen and oxygen atoms in total. The SMILES string of the molecule is Cc1cc(-c2ccc(C(F)(F)F)cc2)cc(-c2nn[nH]c2C#N)c1. The Morgan fingerprint density at radius 3 is 2.29 bits per heavy atom. The van der Waals surface area contributed by atoms with Crippen molar-refractivity contribution in [3.63, 3.8) is 0 Å². The van der Waals surface area contributed by atoms with E-state index < -0.39 is 11.7 Å². The number of halogens is 3. The Labute approximate surface area is 135 Å². The average molecular weight is 328 g/mol. The second-order valence-electron chi connectivity index (χ2n) is 5.31. The molecule has 1 heterocycles. The normalized spacial score (nSPS) is 11.3. The van der Waals surface area contributed by atoms with Crippen molar-refractivity contribution < 1.29 is 13.2 Å². The number of rotatable bonds is 2. The van der Waals surface area contributed by atoms with Gasteiger partial charge in [-0.25, -0.2) is 5.10 Å². The quantitative estimate of drug-likeness (QED) is 0.761. The van der Waals surface area contributed by atoms with Crippen molar-refractivity contribution in [3.05, 3.63) is 59.3 Å². The van der Waals surface area contributed by atoms with Crippen LogP contribution in [0.3, 0.4) is 0 Å². The van der Waals surface area contributed by atoms with E-state index in [1.807, 2.05) is 25.1 Å². The third kappa shape index (κ3) is 2.99. The molecule has 0 bridgehead atoms. The number of alkyl halides is 3. The maximum atomic E-state index is 12.7. The molecule has 0 atom stereocenters. The van der Waals surface area contributed by atoms with Crippen LogP contribution in [0.15, 0.2) is 42.5 Å². The van der Waals surface area contributed by atoms with Crippen molar-refractivity contribution in [2.24, 2.45) is 0 Å². The summed E-state index contributed by atoms with van der Waals surface area (Å²) < 4.78 is 38.0. The summed E-state index contributed by atoms with van der Waals surface area (Å²) in [6, 6.07) is 12.4. The van der Waals surface area contributed by atoms with Crippen LogP contribution in [0.1, 0.15) is 16.8 Å². The van der Waals surface area contributed by atoms with E-state index in [4.69, 9.17) is 5.26 Å². The number of H-pyrrole nitrogens is 1. The van der Waals surface area contributed by atoms with Crippen molar-refractivity contribution in [2.45, 2.75) is 13.1 Å². The molecule has 3 aromatic rings. The minimum Gasteiger partial charge on any atom is -0.247 e. The van der Waals surface area contributed by atoms with Gasteiger partial charge in [0.2, 0.25) is 0 Å². The van der Waals surface area contributed by atoms with E-state index >= 15 is 0 Å². The summed E-state index contributed by atoms with van der Waals surface area (Å²) in [5.74, 6) is 0. The molecule has 0 saturated heterocycles. The van der Waals surface area contributed by atoms with Gasteiger partial charge in [0.05, 0.1) is 5.56 Å². The maximum Gasteiger partial charge on any atom is 0.416 e. The first-order valence-electron chi connectivity index (χ1n) is 6.99. The number of nitrogens with zero attached hydrogens (tertiary/aromatic N) is 3. The Hall–Kier alpha value is -3.14. The molecular weight excluding hydrogens is 317 g/mol. The van der Waals surface area contributed by atoms with E-state index in [0.717, 1.165) is 23.3 Å². The first-order valence-corrected chi connectivity index (χ1v) is 6.99. The second kappa shape index (κ2) is 5.81.